The van der Waals surface area contributed by atoms with Crippen LogP contribution in [0.5, 0.6) is 0 Å². The number of rotatable bonds is 57. The molecule has 75 heavy (non-hydrogen) atoms. The highest BCUT2D eigenvalue weighted by Crippen LogP contribution is 2.23. The Morgan fingerprint density at radius 1 is 0.440 bits per heavy atom. The number of hydrogen-bond donors (Lipinski definition) is 6. The number of amides is 1. The first-order valence-electron chi connectivity index (χ1n) is 32.7. The number of aliphatic hydroxyl groups is 5. The second-order valence-corrected chi connectivity index (χ2v) is 22.9. The summed E-state index contributed by atoms with van der Waals surface area (Å²) in [6, 6.07) is -0.819. The molecule has 0 radical (unpaired) electrons. The fraction of sp³-hybridized carbons (Fsp3) is 0.894. The van der Waals surface area contributed by atoms with Gasteiger partial charge in [-0.1, -0.05) is 294 Å². The molecule has 7 unspecified atom stereocenters. The van der Waals surface area contributed by atoms with Gasteiger partial charge in [0.05, 0.1) is 25.4 Å². The number of aliphatic hydroxyl groups excluding tert-OH is 5. The smallest absolute Gasteiger partial charge is 0.220 e. The van der Waals surface area contributed by atoms with E-state index >= 15 is 0 Å². The molecule has 1 fully saturated rings. The third-order valence-electron chi connectivity index (χ3n) is 15.7. The highest BCUT2D eigenvalue weighted by atomic mass is 16.7. The lowest BCUT2D eigenvalue weighted by molar-refractivity contribution is -0.302. The fourth-order valence-corrected chi connectivity index (χ4v) is 10.5. The molecule has 9 nitrogen and oxygen atoms in total. The molecule has 7 atom stereocenters. The van der Waals surface area contributed by atoms with Crippen molar-refractivity contribution in [2.24, 2.45) is 0 Å². The molecule has 0 aromatic rings. The molecule has 1 aliphatic rings. The maximum absolute atomic E-state index is 13.1. The lowest BCUT2D eigenvalue weighted by Gasteiger charge is -2.40. The number of nitrogens with one attached hydrogen (secondary N) is 1. The molecule has 1 heterocycles. The minimum atomic E-state index is -1.57. The lowest BCUT2D eigenvalue weighted by atomic mass is 9.99. The molecule has 9 heteroatoms. The normalized spacial score (nSPS) is 19.1. The zero-order chi connectivity index (χ0) is 54.3. The first-order chi connectivity index (χ1) is 36.8. The zero-order valence-electron chi connectivity index (χ0n) is 49.3. The molecule has 1 amide bonds. The molecule has 6 N–H and O–H groups in total. The average Bonchev–Trinajstić information content (AvgIpc) is 3.41. The van der Waals surface area contributed by atoms with Gasteiger partial charge in [0.15, 0.2) is 6.29 Å². The fourth-order valence-electron chi connectivity index (χ4n) is 10.5. The summed E-state index contributed by atoms with van der Waals surface area (Å²) < 4.78 is 11.3. The first kappa shape index (κ1) is 71.4. The maximum Gasteiger partial charge on any atom is 0.220 e. The summed E-state index contributed by atoms with van der Waals surface area (Å²) in [4.78, 5) is 13.1. The number of hydrogen-bond acceptors (Lipinski definition) is 8. The molecule has 0 saturated carbocycles. The standard InChI is InChI=1S/C66H125NO8/c1-3-5-7-9-11-13-15-17-19-20-21-22-23-24-25-26-27-28-29-30-31-32-33-34-35-36-37-38-39-40-42-44-46-48-50-52-54-56-62(70)67-59(58-74-66-65(73)64(72)63(71)61(57-68)75-66)60(69)55-53-51-49-47-45-43-41-18-16-14-12-10-8-6-4-2/h20-21,45,47,53,55,59-61,63-66,68-69,71-73H,3-19,22-44,46,48-52,54,56-58H2,1-2H3,(H,67,70)/b21-20-,47-45+,55-53+. The van der Waals surface area contributed by atoms with E-state index in [0.717, 1.165) is 38.5 Å². The Labute approximate surface area is 463 Å². The molecular weight excluding hydrogens is 935 g/mol. The summed E-state index contributed by atoms with van der Waals surface area (Å²) in [5, 5.41) is 54.5. The minimum Gasteiger partial charge on any atom is -0.394 e. The number of ether oxygens (including phenoxy) is 2. The predicted octanol–water partition coefficient (Wildman–Crippen LogP) is 17.1. The van der Waals surface area contributed by atoms with Crippen molar-refractivity contribution in [2.75, 3.05) is 13.2 Å². The number of unbranched alkanes of at least 4 members (excludes halogenated alkanes) is 43. The largest absolute Gasteiger partial charge is 0.394 e. The highest BCUT2D eigenvalue weighted by Gasteiger charge is 2.44. The topological polar surface area (TPSA) is 149 Å². The van der Waals surface area contributed by atoms with E-state index in [2.05, 4.69) is 43.5 Å². The molecule has 0 aromatic heterocycles. The number of allylic oxidation sites excluding steroid dienone is 5. The molecule has 442 valence electrons. The molecule has 0 aromatic carbocycles. The third kappa shape index (κ3) is 44.9. The number of carbonyl (C=O) groups is 1. The van der Waals surface area contributed by atoms with E-state index in [1.54, 1.807) is 6.08 Å². The van der Waals surface area contributed by atoms with E-state index in [-0.39, 0.29) is 12.5 Å². The van der Waals surface area contributed by atoms with Crippen LogP contribution in [0.4, 0.5) is 0 Å². The molecule has 0 aliphatic carbocycles. The Hall–Kier alpha value is -1.59. The van der Waals surface area contributed by atoms with Gasteiger partial charge >= 0.3 is 0 Å². The van der Waals surface area contributed by atoms with Gasteiger partial charge in [-0.15, -0.1) is 0 Å². The molecule has 0 spiro atoms. The monoisotopic (exact) mass is 1060 g/mol. The third-order valence-corrected chi connectivity index (χ3v) is 15.7. The van der Waals surface area contributed by atoms with Gasteiger partial charge in [-0.05, 0) is 57.8 Å². The van der Waals surface area contributed by atoms with Gasteiger partial charge in [0, 0.05) is 6.42 Å². The van der Waals surface area contributed by atoms with Crippen LogP contribution in [0.25, 0.3) is 0 Å². The molecule has 0 bridgehead atoms. The van der Waals surface area contributed by atoms with Crippen LogP contribution >= 0.6 is 0 Å². The van der Waals surface area contributed by atoms with Crippen LogP contribution < -0.4 is 5.32 Å². The Bertz CT molecular complexity index is 1270. The van der Waals surface area contributed by atoms with Gasteiger partial charge in [0.25, 0.3) is 0 Å². The van der Waals surface area contributed by atoms with Gasteiger partial charge in [0.2, 0.25) is 5.91 Å². The van der Waals surface area contributed by atoms with Crippen molar-refractivity contribution in [1.29, 1.82) is 0 Å². The molecule has 1 aliphatic heterocycles. The average molecular weight is 1060 g/mol. The van der Waals surface area contributed by atoms with Gasteiger partial charge in [-0.3, -0.25) is 4.79 Å². The van der Waals surface area contributed by atoms with Crippen molar-refractivity contribution in [3.63, 3.8) is 0 Å². The van der Waals surface area contributed by atoms with Crippen molar-refractivity contribution in [3.05, 3.63) is 36.5 Å². The quantitative estimate of drug-likeness (QED) is 0.0261. The molecule has 1 saturated heterocycles. The van der Waals surface area contributed by atoms with Crippen molar-refractivity contribution >= 4 is 5.91 Å². The van der Waals surface area contributed by atoms with Crippen LogP contribution in [0.1, 0.15) is 322 Å². The van der Waals surface area contributed by atoms with E-state index < -0.39 is 49.5 Å². The zero-order valence-corrected chi connectivity index (χ0v) is 49.3. The second-order valence-electron chi connectivity index (χ2n) is 22.9. The Morgan fingerprint density at radius 3 is 1.12 bits per heavy atom. The van der Waals surface area contributed by atoms with Gasteiger partial charge in [-0.2, -0.15) is 0 Å². The minimum absolute atomic E-state index is 0.181. The number of carbonyl (C=O) groups excluding carboxylic acids is 1. The van der Waals surface area contributed by atoms with Crippen LogP contribution in [0.3, 0.4) is 0 Å². The maximum atomic E-state index is 13.1. The van der Waals surface area contributed by atoms with E-state index in [1.165, 1.54) is 263 Å². The second kappa shape index (κ2) is 55.7. The van der Waals surface area contributed by atoms with Gasteiger partial charge in [-0.25, -0.2) is 0 Å². The van der Waals surface area contributed by atoms with E-state index in [4.69, 9.17) is 9.47 Å². The van der Waals surface area contributed by atoms with E-state index in [9.17, 15) is 30.3 Å². The van der Waals surface area contributed by atoms with Crippen molar-refractivity contribution in [2.45, 2.75) is 365 Å². The summed E-state index contributed by atoms with van der Waals surface area (Å²) in [5.74, 6) is -0.181. The summed E-state index contributed by atoms with van der Waals surface area (Å²) in [5.41, 5.74) is 0. The summed E-state index contributed by atoms with van der Waals surface area (Å²) >= 11 is 0. The van der Waals surface area contributed by atoms with Crippen molar-refractivity contribution < 1.29 is 39.8 Å². The van der Waals surface area contributed by atoms with Crippen molar-refractivity contribution in [3.8, 4) is 0 Å². The Morgan fingerprint density at radius 2 is 0.760 bits per heavy atom. The van der Waals surface area contributed by atoms with Crippen LogP contribution in [-0.2, 0) is 14.3 Å². The van der Waals surface area contributed by atoms with E-state index in [1.807, 2.05) is 6.08 Å². The van der Waals surface area contributed by atoms with Gasteiger partial charge < -0.3 is 40.3 Å². The van der Waals surface area contributed by atoms with Crippen LogP contribution in [-0.4, -0.2) is 87.5 Å². The summed E-state index contributed by atoms with van der Waals surface area (Å²) in [6.07, 6.45) is 66.9. The summed E-state index contributed by atoms with van der Waals surface area (Å²) in [6.45, 7) is 3.79. The molecule has 1 rings (SSSR count). The van der Waals surface area contributed by atoms with Crippen LogP contribution in [0.2, 0.25) is 0 Å². The van der Waals surface area contributed by atoms with Crippen LogP contribution in [0, 0.1) is 0 Å². The Kier molecular flexibility index (Phi) is 53.1. The van der Waals surface area contributed by atoms with Gasteiger partial charge in [0.1, 0.15) is 24.4 Å². The summed E-state index contributed by atoms with van der Waals surface area (Å²) in [7, 11) is 0. The van der Waals surface area contributed by atoms with Crippen molar-refractivity contribution in [1.82, 2.24) is 5.32 Å². The van der Waals surface area contributed by atoms with E-state index in [0.29, 0.717) is 6.42 Å². The lowest BCUT2D eigenvalue weighted by Crippen LogP contribution is -2.60. The first-order valence-corrected chi connectivity index (χ1v) is 32.7. The predicted molar refractivity (Wildman–Crippen MR) is 318 cm³/mol. The SMILES string of the molecule is CCCCCCCCCC/C=C\CCCCCCCCCCCCCCCCCCCCCCCCCCCC(=O)NC(COC1OC(CO)C(O)C(O)C1O)C(O)/C=C/CC/C=C/CCCCCCCCCCC. The van der Waals surface area contributed by atoms with Crippen LogP contribution in [0.15, 0.2) is 36.5 Å². The Balaban J connectivity index is 2.06. The highest BCUT2D eigenvalue weighted by molar-refractivity contribution is 5.76. The molecular formula is C66H125NO8.